The second-order valence-electron chi connectivity index (χ2n) is 8.48. The molecule has 29 heavy (non-hydrogen) atoms. The van der Waals surface area contributed by atoms with Gasteiger partial charge in [-0.2, -0.15) is 0 Å². The van der Waals surface area contributed by atoms with Gasteiger partial charge in [0.25, 0.3) is 0 Å². The molecule has 1 saturated heterocycles. The third-order valence-corrected chi connectivity index (χ3v) is 5.04. The van der Waals surface area contributed by atoms with Crippen LogP contribution in [0.3, 0.4) is 0 Å². The third kappa shape index (κ3) is 9.51. The van der Waals surface area contributed by atoms with E-state index in [1.54, 1.807) is 0 Å². The number of morpholine rings is 1. The standard InChI is InChI=1S/C22H39N5O.HI/c1-16(2)8-7-9-17(3)26-22(23-6)25-13-20-10-11-21(24-12-20)27-14-18(4)28-19(5)15-27;/h10-12,16-19H,7-9,13-15H2,1-6H3,(H2,23,25,26);1H. The summed E-state index contributed by atoms with van der Waals surface area (Å²) in [7, 11) is 1.82. The van der Waals surface area contributed by atoms with Crippen LogP contribution in [0.4, 0.5) is 5.82 Å². The number of anilines is 1. The number of rotatable bonds is 8. The summed E-state index contributed by atoms with van der Waals surface area (Å²) in [5.74, 6) is 2.63. The molecule has 0 amide bonds. The highest BCUT2D eigenvalue weighted by atomic mass is 127. The third-order valence-electron chi connectivity index (χ3n) is 5.04. The minimum absolute atomic E-state index is 0. The Hall–Kier alpha value is -1.09. The molecule has 1 aliphatic rings. The first kappa shape index (κ1) is 25.9. The topological polar surface area (TPSA) is 61.8 Å². The van der Waals surface area contributed by atoms with Crippen LogP contribution in [0.2, 0.25) is 0 Å². The van der Waals surface area contributed by atoms with Gasteiger partial charge in [0.2, 0.25) is 0 Å². The zero-order chi connectivity index (χ0) is 20.5. The predicted molar refractivity (Wildman–Crippen MR) is 133 cm³/mol. The predicted octanol–water partition coefficient (Wildman–Crippen LogP) is 4.19. The Labute approximate surface area is 194 Å². The van der Waals surface area contributed by atoms with E-state index in [0.717, 1.165) is 42.8 Å². The van der Waals surface area contributed by atoms with E-state index in [2.05, 4.69) is 72.3 Å². The number of hydrogen-bond donors (Lipinski definition) is 2. The van der Waals surface area contributed by atoms with Crippen LogP contribution >= 0.6 is 24.0 Å². The number of aliphatic imine (C=N–C) groups is 1. The first-order chi connectivity index (χ1) is 13.4. The number of nitrogens with zero attached hydrogens (tertiary/aromatic N) is 3. The first-order valence-electron chi connectivity index (χ1n) is 10.7. The van der Waals surface area contributed by atoms with Gasteiger partial charge in [0.05, 0.1) is 12.2 Å². The molecule has 0 radical (unpaired) electrons. The molecule has 2 rings (SSSR count). The highest BCUT2D eigenvalue weighted by Gasteiger charge is 2.22. The van der Waals surface area contributed by atoms with Crippen LogP contribution in [0, 0.1) is 5.92 Å². The van der Waals surface area contributed by atoms with Crippen molar-refractivity contribution in [3.8, 4) is 0 Å². The molecule has 0 aliphatic carbocycles. The molecule has 6 nitrogen and oxygen atoms in total. The summed E-state index contributed by atoms with van der Waals surface area (Å²) in [6.07, 6.45) is 6.11. The van der Waals surface area contributed by atoms with E-state index in [9.17, 15) is 0 Å². The maximum atomic E-state index is 5.81. The maximum Gasteiger partial charge on any atom is 0.191 e. The Bertz CT molecular complexity index is 598. The molecule has 1 fully saturated rings. The fourth-order valence-corrected chi connectivity index (χ4v) is 3.59. The lowest BCUT2D eigenvalue weighted by Crippen LogP contribution is -2.45. The molecule has 166 valence electrons. The second-order valence-corrected chi connectivity index (χ2v) is 8.48. The van der Waals surface area contributed by atoms with E-state index in [0.29, 0.717) is 12.6 Å². The Kier molecular flexibility index (Phi) is 11.9. The summed E-state index contributed by atoms with van der Waals surface area (Å²) < 4.78 is 5.81. The van der Waals surface area contributed by atoms with Crippen molar-refractivity contribution >= 4 is 35.8 Å². The van der Waals surface area contributed by atoms with E-state index in [4.69, 9.17) is 4.74 Å². The zero-order valence-electron chi connectivity index (χ0n) is 18.9. The van der Waals surface area contributed by atoms with Gasteiger partial charge >= 0.3 is 0 Å². The molecule has 0 spiro atoms. The van der Waals surface area contributed by atoms with Gasteiger partial charge in [-0.3, -0.25) is 4.99 Å². The van der Waals surface area contributed by atoms with Crippen molar-refractivity contribution in [1.82, 2.24) is 15.6 Å². The van der Waals surface area contributed by atoms with Crippen LogP contribution in [-0.2, 0) is 11.3 Å². The Balaban J connectivity index is 0.00000420. The molecule has 0 aromatic carbocycles. The summed E-state index contributed by atoms with van der Waals surface area (Å²) in [6, 6.07) is 4.65. The van der Waals surface area contributed by atoms with Gasteiger partial charge in [-0.15, -0.1) is 24.0 Å². The van der Waals surface area contributed by atoms with Gasteiger partial charge in [-0.05, 0) is 44.7 Å². The number of aromatic nitrogens is 1. The van der Waals surface area contributed by atoms with Gasteiger partial charge in [-0.25, -0.2) is 4.98 Å². The Morgan fingerprint density at radius 1 is 1.21 bits per heavy atom. The summed E-state index contributed by atoms with van der Waals surface area (Å²) in [6.45, 7) is 13.5. The number of halogens is 1. The quantitative estimate of drug-likeness (QED) is 0.308. The van der Waals surface area contributed by atoms with Gasteiger partial charge in [-0.1, -0.05) is 32.8 Å². The SMILES string of the molecule is CN=C(NCc1ccc(N2CC(C)OC(C)C2)nc1)NC(C)CCCC(C)C.I. The molecule has 2 heterocycles. The molecule has 1 aliphatic heterocycles. The van der Waals surface area contributed by atoms with Gasteiger partial charge in [0.15, 0.2) is 5.96 Å². The van der Waals surface area contributed by atoms with Crippen LogP contribution in [0.5, 0.6) is 0 Å². The largest absolute Gasteiger partial charge is 0.372 e. The minimum atomic E-state index is 0. The van der Waals surface area contributed by atoms with E-state index in [1.807, 2.05) is 13.2 Å². The van der Waals surface area contributed by atoms with Crippen molar-refractivity contribution in [2.24, 2.45) is 10.9 Å². The van der Waals surface area contributed by atoms with Crippen molar-refractivity contribution in [3.05, 3.63) is 23.9 Å². The zero-order valence-corrected chi connectivity index (χ0v) is 21.3. The van der Waals surface area contributed by atoms with Crippen LogP contribution in [0.25, 0.3) is 0 Å². The highest BCUT2D eigenvalue weighted by molar-refractivity contribution is 14.0. The van der Waals surface area contributed by atoms with Crippen LogP contribution < -0.4 is 15.5 Å². The fraction of sp³-hybridized carbons (Fsp3) is 0.727. The molecule has 0 bridgehead atoms. The number of hydrogen-bond acceptors (Lipinski definition) is 4. The van der Waals surface area contributed by atoms with Crippen LogP contribution in [0.1, 0.15) is 59.4 Å². The summed E-state index contributed by atoms with van der Waals surface area (Å²) in [4.78, 5) is 11.3. The van der Waals surface area contributed by atoms with Gasteiger partial charge < -0.3 is 20.3 Å². The summed E-state index contributed by atoms with van der Waals surface area (Å²) in [5.41, 5.74) is 1.15. The lowest BCUT2D eigenvalue weighted by atomic mass is 10.0. The average molecular weight is 518 g/mol. The monoisotopic (exact) mass is 517 g/mol. The van der Waals surface area contributed by atoms with Gasteiger partial charge in [0, 0.05) is 38.9 Å². The molecule has 0 saturated carbocycles. The van der Waals surface area contributed by atoms with Gasteiger partial charge in [0.1, 0.15) is 5.82 Å². The summed E-state index contributed by atoms with van der Waals surface area (Å²) >= 11 is 0. The number of ether oxygens (including phenoxy) is 1. The molecule has 3 atom stereocenters. The Morgan fingerprint density at radius 2 is 1.90 bits per heavy atom. The lowest BCUT2D eigenvalue weighted by Gasteiger charge is -2.36. The van der Waals surface area contributed by atoms with E-state index in [1.165, 1.54) is 12.8 Å². The lowest BCUT2D eigenvalue weighted by molar-refractivity contribution is -0.00545. The first-order valence-corrected chi connectivity index (χ1v) is 10.7. The highest BCUT2D eigenvalue weighted by Crippen LogP contribution is 2.18. The molecular weight excluding hydrogens is 477 g/mol. The fourth-order valence-electron chi connectivity index (χ4n) is 3.59. The normalized spacial score (nSPS) is 20.9. The molecule has 1 aromatic heterocycles. The molecule has 7 heteroatoms. The smallest absolute Gasteiger partial charge is 0.191 e. The van der Waals surface area contributed by atoms with Crippen molar-refractivity contribution in [2.45, 2.75) is 78.7 Å². The summed E-state index contributed by atoms with van der Waals surface area (Å²) in [5, 5.41) is 6.87. The maximum absolute atomic E-state index is 5.81. The van der Waals surface area contributed by atoms with E-state index < -0.39 is 0 Å². The number of nitrogens with one attached hydrogen (secondary N) is 2. The van der Waals surface area contributed by atoms with E-state index >= 15 is 0 Å². The van der Waals surface area contributed by atoms with Crippen molar-refractivity contribution < 1.29 is 4.74 Å². The van der Waals surface area contributed by atoms with E-state index in [-0.39, 0.29) is 36.2 Å². The van der Waals surface area contributed by atoms with Crippen molar-refractivity contribution in [3.63, 3.8) is 0 Å². The van der Waals surface area contributed by atoms with Crippen LogP contribution in [-0.4, -0.2) is 49.3 Å². The van der Waals surface area contributed by atoms with Crippen molar-refractivity contribution in [1.29, 1.82) is 0 Å². The molecular formula is C22H40IN5O. The minimum Gasteiger partial charge on any atom is -0.372 e. The second kappa shape index (κ2) is 13.3. The number of guanidine groups is 1. The molecule has 2 N–H and O–H groups in total. The van der Waals surface area contributed by atoms with Crippen molar-refractivity contribution in [2.75, 3.05) is 25.0 Å². The molecule has 3 unspecified atom stereocenters. The number of pyridine rings is 1. The Morgan fingerprint density at radius 3 is 2.45 bits per heavy atom. The average Bonchev–Trinajstić information content (AvgIpc) is 2.64. The van der Waals surface area contributed by atoms with Crippen LogP contribution in [0.15, 0.2) is 23.3 Å². The molecule has 1 aromatic rings.